The largest absolute Gasteiger partial charge is 0.394 e. The van der Waals surface area contributed by atoms with Gasteiger partial charge in [0.15, 0.2) is 12.3 Å². The van der Waals surface area contributed by atoms with E-state index in [9.17, 15) is 15.0 Å². The van der Waals surface area contributed by atoms with E-state index in [0.717, 1.165) is 4.57 Å². The van der Waals surface area contributed by atoms with Crippen LogP contribution in [0.1, 0.15) is 6.23 Å². The maximum atomic E-state index is 11.9. The number of anilines is 1. The number of rotatable bonds is 7. The molecule has 124 valence electrons. The SMILES string of the molecule is COCCOO[C@@H]1[C@H](O)[C@@H](CO)O[C@H]1n1ccc(N)nc1=O. The Morgan fingerprint density at radius 2 is 2.27 bits per heavy atom. The van der Waals surface area contributed by atoms with Crippen molar-refractivity contribution in [2.45, 2.75) is 24.5 Å². The zero-order valence-electron chi connectivity index (χ0n) is 12.0. The summed E-state index contributed by atoms with van der Waals surface area (Å²) in [6, 6.07) is 1.41. The molecule has 0 radical (unpaired) electrons. The third kappa shape index (κ3) is 3.61. The summed E-state index contributed by atoms with van der Waals surface area (Å²) in [6.07, 6.45) is -2.74. The maximum Gasteiger partial charge on any atom is 0.351 e. The summed E-state index contributed by atoms with van der Waals surface area (Å²) in [6.45, 7) is -0.0149. The monoisotopic (exact) mass is 317 g/mol. The fraction of sp³-hybridized carbons (Fsp3) is 0.667. The first kappa shape index (κ1) is 16.8. The van der Waals surface area contributed by atoms with Crippen molar-refractivity contribution in [2.24, 2.45) is 0 Å². The highest BCUT2D eigenvalue weighted by Crippen LogP contribution is 2.30. The lowest BCUT2D eigenvalue weighted by atomic mass is 10.1. The molecule has 0 amide bonds. The minimum atomic E-state index is -1.18. The van der Waals surface area contributed by atoms with Gasteiger partial charge in [-0.05, 0) is 6.07 Å². The number of aliphatic hydroxyl groups is 2. The van der Waals surface area contributed by atoms with Crippen LogP contribution >= 0.6 is 0 Å². The van der Waals surface area contributed by atoms with Gasteiger partial charge in [-0.15, -0.1) is 0 Å². The second kappa shape index (κ2) is 7.63. The van der Waals surface area contributed by atoms with Crippen molar-refractivity contribution < 1.29 is 29.5 Å². The van der Waals surface area contributed by atoms with E-state index >= 15 is 0 Å². The van der Waals surface area contributed by atoms with Crippen LogP contribution in [0.5, 0.6) is 0 Å². The van der Waals surface area contributed by atoms with Gasteiger partial charge >= 0.3 is 5.69 Å². The summed E-state index contributed by atoms with van der Waals surface area (Å²) < 4.78 is 11.4. The van der Waals surface area contributed by atoms with Crippen molar-refractivity contribution in [1.82, 2.24) is 9.55 Å². The van der Waals surface area contributed by atoms with Gasteiger partial charge in [0.25, 0.3) is 0 Å². The molecule has 1 saturated heterocycles. The summed E-state index contributed by atoms with van der Waals surface area (Å²) in [5.41, 5.74) is 4.77. The van der Waals surface area contributed by atoms with E-state index in [0.29, 0.717) is 6.61 Å². The Hall–Kier alpha value is -1.56. The number of nitrogen functional groups attached to an aromatic ring is 1. The third-order valence-electron chi connectivity index (χ3n) is 3.17. The second-order valence-corrected chi connectivity index (χ2v) is 4.66. The summed E-state index contributed by atoms with van der Waals surface area (Å²) in [5.74, 6) is 0.0623. The Labute approximate surface area is 125 Å². The molecule has 1 aromatic rings. The van der Waals surface area contributed by atoms with Crippen molar-refractivity contribution >= 4 is 5.82 Å². The topological polar surface area (TPSA) is 138 Å². The van der Waals surface area contributed by atoms with Gasteiger partial charge in [0.2, 0.25) is 0 Å². The molecule has 4 atom stereocenters. The molecule has 1 aliphatic rings. The number of aromatic nitrogens is 2. The molecule has 0 unspecified atom stereocenters. The highest BCUT2D eigenvalue weighted by Gasteiger charge is 2.46. The van der Waals surface area contributed by atoms with Crippen LogP contribution in [-0.4, -0.2) is 65.0 Å². The number of methoxy groups -OCH3 is 1. The lowest BCUT2D eigenvalue weighted by Crippen LogP contribution is -2.38. The molecule has 0 bridgehead atoms. The van der Waals surface area contributed by atoms with E-state index in [2.05, 4.69) is 4.98 Å². The quantitative estimate of drug-likeness (QED) is 0.297. The van der Waals surface area contributed by atoms with Gasteiger partial charge < -0.3 is 25.4 Å². The van der Waals surface area contributed by atoms with Crippen molar-refractivity contribution in [3.63, 3.8) is 0 Å². The van der Waals surface area contributed by atoms with Crippen LogP contribution < -0.4 is 11.4 Å². The van der Waals surface area contributed by atoms with Crippen LogP contribution in [0.2, 0.25) is 0 Å². The molecule has 0 saturated carbocycles. The lowest BCUT2D eigenvalue weighted by molar-refractivity contribution is -0.347. The fourth-order valence-electron chi connectivity index (χ4n) is 2.06. The second-order valence-electron chi connectivity index (χ2n) is 4.66. The van der Waals surface area contributed by atoms with Crippen LogP contribution in [-0.2, 0) is 19.2 Å². The molecular formula is C12H19N3O7. The summed E-state index contributed by atoms with van der Waals surface area (Å²) in [5, 5.41) is 19.3. The van der Waals surface area contributed by atoms with Gasteiger partial charge in [0.05, 0.1) is 13.2 Å². The Balaban J connectivity index is 2.16. The van der Waals surface area contributed by atoms with E-state index in [1.165, 1.54) is 19.4 Å². The number of nitrogens with zero attached hydrogens (tertiary/aromatic N) is 2. The molecule has 0 aromatic carbocycles. The summed E-state index contributed by atoms with van der Waals surface area (Å²) in [7, 11) is 1.50. The molecule has 22 heavy (non-hydrogen) atoms. The first-order valence-corrected chi connectivity index (χ1v) is 6.64. The van der Waals surface area contributed by atoms with Gasteiger partial charge in [0, 0.05) is 13.3 Å². The van der Waals surface area contributed by atoms with Crippen LogP contribution in [0.15, 0.2) is 17.1 Å². The standard InChI is InChI=1S/C12H19N3O7/c1-19-4-5-20-22-10-9(17)7(6-16)21-11(10)15-3-2-8(13)14-12(15)18/h2-3,7,9-11,16-17H,4-6H2,1H3,(H2,13,14,18)/t7-,9-,10-,11-/m1/s1. The number of ether oxygens (including phenoxy) is 2. The number of aliphatic hydroxyl groups excluding tert-OH is 2. The van der Waals surface area contributed by atoms with Crippen molar-refractivity contribution in [1.29, 1.82) is 0 Å². The molecule has 1 aliphatic heterocycles. The predicted molar refractivity (Wildman–Crippen MR) is 72.6 cm³/mol. The average Bonchev–Trinajstić information content (AvgIpc) is 2.80. The van der Waals surface area contributed by atoms with E-state index in [4.69, 9.17) is 25.0 Å². The molecule has 10 nitrogen and oxygen atoms in total. The fourth-order valence-corrected chi connectivity index (χ4v) is 2.06. The van der Waals surface area contributed by atoms with Gasteiger partial charge in [-0.1, -0.05) is 0 Å². The van der Waals surface area contributed by atoms with Crippen molar-refractivity contribution in [3.05, 3.63) is 22.7 Å². The summed E-state index contributed by atoms with van der Waals surface area (Å²) >= 11 is 0. The van der Waals surface area contributed by atoms with Crippen LogP contribution in [0.3, 0.4) is 0 Å². The Morgan fingerprint density at radius 3 is 2.91 bits per heavy atom. The van der Waals surface area contributed by atoms with Gasteiger partial charge in [-0.3, -0.25) is 4.57 Å². The van der Waals surface area contributed by atoms with E-state index in [-0.39, 0.29) is 12.4 Å². The molecule has 0 spiro atoms. The third-order valence-corrected chi connectivity index (χ3v) is 3.17. The highest BCUT2D eigenvalue weighted by molar-refractivity contribution is 5.23. The lowest BCUT2D eigenvalue weighted by Gasteiger charge is -2.20. The first-order valence-electron chi connectivity index (χ1n) is 6.64. The molecule has 4 N–H and O–H groups in total. The average molecular weight is 317 g/mol. The molecular weight excluding hydrogens is 298 g/mol. The van der Waals surface area contributed by atoms with Crippen molar-refractivity contribution in [2.75, 3.05) is 32.7 Å². The molecule has 10 heteroatoms. The number of nitrogens with two attached hydrogens (primary N) is 1. The Kier molecular flexibility index (Phi) is 5.83. The minimum Gasteiger partial charge on any atom is -0.394 e. The minimum absolute atomic E-state index is 0.0623. The van der Waals surface area contributed by atoms with Crippen molar-refractivity contribution in [3.8, 4) is 0 Å². The predicted octanol–water partition coefficient (Wildman–Crippen LogP) is -1.96. The number of hydrogen-bond acceptors (Lipinski definition) is 9. The van der Waals surface area contributed by atoms with Crippen LogP contribution in [0.4, 0.5) is 5.82 Å². The molecule has 1 aromatic heterocycles. The van der Waals surface area contributed by atoms with Gasteiger partial charge in [0.1, 0.15) is 24.6 Å². The molecule has 2 rings (SSSR count). The zero-order chi connectivity index (χ0) is 16.1. The Bertz CT molecular complexity index is 538. The van der Waals surface area contributed by atoms with E-state index in [1.807, 2.05) is 0 Å². The number of hydrogen-bond donors (Lipinski definition) is 3. The summed E-state index contributed by atoms with van der Waals surface area (Å²) in [4.78, 5) is 25.5. The molecule has 1 fully saturated rings. The molecule has 2 heterocycles. The Morgan fingerprint density at radius 1 is 1.50 bits per heavy atom. The highest BCUT2D eigenvalue weighted by atomic mass is 17.2. The van der Waals surface area contributed by atoms with E-state index in [1.54, 1.807) is 0 Å². The van der Waals surface area contributed by atoms with Crippen LogP contribution in [0.25, 0.3) is 0 Å². The van der Waals surface area contributed by atoms with E-state index < -0.39 is 36.8 Å². The maximum absolute atomic E-state index is 11.9. The van der Waals surface area contributed by atoms with Gasteiger partial charge in [-0.25, -0.2) is 14.6 Å². The zero-order valence-corrected chi connectivity index (χ0v) is 12.0. The molecule has 0 aliphatic carbocycles. The normalized spacial score (nSPS) is 28.1. The first-order chi connectivity index (χ1) is 10.6. The van der Waals surface area contributed by atoms with Crippen LogP contribution in [0, 0.1) is 0 Å². The smallest absolute Gasteiger partial charge is 0.351 e. The van der Waals surface area contributed by atoms with Gasteiger partial charge in [-0.2, -0.15) is 4.98 Å².